The molecule has 1 amide bonds. The molecular weight excluding hydrogens is 399 g/mol. The predicted octanol–water partition coefficient (Wildman–Crippen LogP) is 2.95. The number of amides is 1. The number of alkyl halides is 1. The molecule has 31 heavy (non-hydrogen) atoms. The van der Waals surface area contributed by atoms with Crippen LogP contribution in [-0.4, -0.2) is 50.4 Å². The minimum atomic E-state index is -0.896. The molecule has 3 heterocycles. The van der Waals surface area contributed by atoms with E-state index in [1.165, 1.54) is 12.4 Å². The standard InChI is InChI=1S/C22H25FN6O2/c1-14(10-23)28-18-9-19(26-13-17(18)21(30)25-6-5-22(2,3)31)29-7-4-16-8-15(11-24)12-27-20(16)29/h4,7-9,12-14,31H,5-6,10H2,1-3H3,(H,25,30)(H,26,28)/t14-/m1/s1. The molecule has 3 aromatic heterocycles. The average molecular weight is 424 g/mol. The highest BCUT2D eigenvalue weighted by Gasteiger charge is 2.18. The number of aliphatic hydroxyl groups is 1. The van der Waals surface area contributed by atoms with Gasteiger partial charge in [0.05, 0.1) is 28.5 Å². The van der Waals surface area contributed by atoms with E-state index >= 15 is 0 Å². The van der Waals surface area contributed by atoms with E-state index in [0.717, 1.165) is 5.39 Å². The number of nitrogens with one attached hydrogen (secondary N) is 2. The van der Waals surface area contributed by atoms with Crippen LogP contribution in [0.25, 0.3) is 16.9 Å². The summed E-state index contributed by atoms with van der Waals surface area (Å²) in [5.41, 5.74) is 0.878. The van der Waals surface area contributed by atoms with Crippen LogP contribution >= 0.6 is 0 Å². The Morgan fingerprint density at radius 1 is 1.35 bits per heavy atom. The maximum atomic E-state index is 13.1. The Morgan fingerprint density at radius 2 is 2.13 bits per heavy atom. The fourth-order valence-electron chi connectivity index (χ4n) is 3.03. The summed E-state index contributed by atoms with van der Waals surface area (Å²) in [4.78, 5) is 21.4. The Bertz CT molecular complexity index is 1130. The zero-order valence-corrected chi connectivity index (χ0v) is 17.7. The first kappa shape index (κ1) is 22.2. The van der Waals surface area contributed by atoms with E-state index in [1.807, 2.05) is 6.07 Å². The lowest BCUT2D eigenvalue weighted by Gasteiger charge is -2.19. The van der Waals surface area contributed by atoms with Gasteiger partial charge in [0.1, 0.15) is 24.2 Å². The lowest BCUT2D eigenvalue weighted by atomic mass is 10.1. The van der Waals surface area contributed by atoms with E-state index in [4.69, 9.17) is 5.26 Å². The Hall–Kier alpha value is -3.51. The van der Waals surface area contributed by atoms with Crippen molar-refractivity contribution in [2.45, 2.75) is 38.8 Å². The zero-order valence-electron chi connectivity index (χ0n) is 17.7. The molecule has 0 radical (unpaired) electrons. The van der Waals surface area contributed by atoms with E-state index in [-0.39, 0.29) is 18.0 Å². The van der Waals surface area contributed by atoms with Crippen LogP contribution in [0.4, 0.5) is 10.1 Å². The molecule has 0 aliphatic heterocycles. The van der Waals surface area contributed by atoms with Crippen molar-refractivity contribution < 1.29 is 14.3 Å². The molecule has 0 aromatic carbocycles. The molecule has 3 N–H and O–H groups in total. The van der Waals surface area contributed by atoms with Crippen molar-refractivity contribution in [2.24, 2.45) is 0 Å². The number of carbonyl (C=O) groups is 1. The molecule has 0 saturated carbocycles. The summed E-state index contributed by atoms with van der Waals surface area (Å²) in [7, 11) is 0. The Kier molecular flexibility index (Phi) is 6.51. The van der Waals surface area contributed by atoms with Crippen LogP contribution in [-0.2, 0) is 0 Å². The monoisotopic (exact) mass is 424 g/mol. The predicted molar refractivity (Wildman–Crippen MR) is 116 cm³/mol. The quantitative estimate of drug-likeness (QED) is 0.512. The number of nitriles is 1. The maximum absolute atomic E-state index is 13.1. The third-order valence-corrected chi connectivity index (χ3v) is 4.69. The first-order valence-corrected chi connectivity index (χ1v) is 9.92. The number of hydrogen-bond donors (Lipinski definition) is 3. The molecule has 9 heteroatoms. The van der Waals surface area contributed by atoms with E-state index in [1.54, 1.807) is 43.7 Å². The first-order chi connectivity index (χ1) is 14.7. The van der Waals surface area contributed by atoms with Crippen LogP contribution in [0.2, 0.25) is 0 Å². The number of hydrogen-bond acceptors (Lipinski definition) is 6. The minimum Gasteiger partial charge on any atom is -0.390 e. The van der Waals surface area contributed by atoms with Gasteiger partial charge in [-0.2, -0.15) is 5.26 Å². The Balaban J connectivity index is 1.94. The second kappa shape index (κ2) is 9.10. The lowest BCUT2D eigenvalue weighted by molar-refractivity contribution is 0.0693. The molecule has 3 rings (SSSR count). The van der Waals surface area contributed by atoms with Crippen LogP contribution in [0.5, 0.6) is 0 Å². The van der Waals surface area contributed by atoms with Gasteiger partial charge in [-0.05, 0) is 39.3 Å². The molecule has 0 saturated heterocycles. The van der Waals surface area contributed by atoms with E-state index in [0.29, 0.717) is 29.1 Å². The number of rotatable bonds is 8. The van der Waals surface area contributed by atoms with Gasteiger partial charge in [0.2, 0.25) is 0 Å². The third kappa shape index (κ3) is 5.35. The molecule has 0 aliphatic rings. The highest BCUT2D eigenvalue weighted by molar-refractivity contribution is 5.99. The number of halogens is 1. The van der Waals surface area contributed by atoms with Crippen molar-refractivity contribution in [3.05, 3.63) is 47.9 Å². The maximum Gasteiger partial charge on any atom is 0.254 e. The van der Waals surface area contributed by atoms with Gasteiger partial charge in [-0.3, -0.25) is 9.36 Å². The molecule has 1 atom stereocenters. The number of fused-ring (bicyclic) bond motifs is 1. The van der Waals surface area contributed by atoms with Gasteiger partial charge < -0.3 is 15.7 Å². The van der Waals surface area contributed by atoms with Crippen LogP contribution in [0, 0.1) is 11.3 Å². The minimum absolute atomic E-state index is 0.274. The van der Waals surface area contributed by atoms with Crippen LogP contribution < -0.4 is 10.6 Å². The summed E-state index contributed by atoms with van der Waals surface area (Å²) in [6.07, 6.45) is 5.07. The molecule has 162 valence electrons. The molecule has 0 aliphatic carbocycles. The normalized spacial score (nSPS) is 12.4. The zero-order chi connectivity index (χ0) is 22.6. The summed E-state index contributed by atoms with van der Waals surface area (Å²) >= 11 is 0. The molecule has 0 unspecified atom stereocenters. The van der Waals surface area contributed by atoms with Crippen molar-refractivity contribution in [3.63, 3.8) is 0 Å². The van der Waals surface area contributed by atoms with E-state index < -0.39 is 18.3 Å². The van der Waals surface area contributed by atoms with Crippen LogP contribution in [0.1, 0.15) is 43.1 Å². The topological polar surface area (TPSA) is 116 Å². The molecule has 0 spiro atoms. The summed E-state index contributed by atoms with van der Waals surface area (Å²) < 4.78 is 14.9. The van der Waals surface area contributed by atoms with Gasteiger partial charge in [0.15, 0.2) is 0 Å². The SMILES string of the molecule is C[C@H](CF)Nc1cc(-n2ccc3cc(C#N)cnc32)ncc1C(=O)NCCC(C)(C)O. The van der Waals surface area contributed by atoms with Gasteiger partial charge >= 0.3 is 0 Å². The van der Waals surface area contributed by atoms with Gasteiger partial charge in [-0.25, -0.2) is 14.4 Å². The smallest absolute Gasteiger partial charge is 0.254 e. The first-order valence-electron chi connectivity index (χ1n) is 9.92. The Labute approximate surface area is 179 Å². The lowest BCUT2D eigenvalue weighted by Crippen LogP contribution is -2.31. The summed E-state index contributed by atoms with van der Waals surface area (Å²) in [6, 6.07) is 6.77. The number of nitrogens with zero attached hydrogens (tertiary/aromatic N) is 4. The van der Waals surface area contributed by atoms with E-state index in [2.05, 4.69) is 26.7 Å². The molecular formula is C22H25FN6O2. The molecule has 3 aromatic rings. The summed E-state index contributed by atoms with van der Waals surface area (Å²) in [6.45, 7) is 4.69. The van der Waals surface area contributed by atoms with Crippen LogP contribution in [0.3, 0.4) is 0 Å². The van der Waals surface area contributed by atoms with Gasteiger partial charge in [0, 0.05) is 36.6 Å². The number of carbonyl (C=O) groups excluding carboxylic acids is 1. The summed E-state index contributed by atoms with van der Waals surface area (Å²) in [5, 5.41) is 25.4. The number of anilines is 1. The fraction of sp³-hybridized carbons (Fsp3) is 0.364. The highest BCUT2D eigenvalue weighted by Crippen LogP contribution is 2.23. The average Bonchev–Trinajstić information content (AvgIpc) is 3.15. The van der Waals surface area contributed by atoms with Crippen molar-refractivity contribution >= 4 is 22.6 Å². The number of pyridine rings is 2. The number of aromatic nitrogens is 3. The molecule has 8 nitrogen and oxygen atoms in total. The van der Waals surface area contributed by atoms with Crippen molar-refractivity contribution in [3.8, 4) is 11.9 Å². The highest BCUT2D eigenvalue weighted by atomic mass is 19.1. The largest absolute Gasteiger partial charge is 0.390 e. The van der Waals surface area contributed by atoms with Gasteiger partial charge in [-0.1, -0.05) is 0 Å². The van der Waals surface area contributed by atoms with Crippen LogP contribution in [0.15, 0.2) is 36.8 Å². The van der Waals surface area contributed by atoms with Gasteiger partial charge in [-0.15, -0.1) is 0 Å². The Morgan fingerprint density at radius 3 is 2.81 bits per heavy atom. The van der Waals surface area contributed by atoms with Crippen molar-refractivity contribution in [1.82, 2.24) is 19.9 Å². The second-order valence-electron chi connectivity index (χ2n) is 8.04. The fourth-order valence-corrected chi connectivity index (χ4v) is 3.03. The summed E-state index contributed by atoms with van der Waals surface area (Å²) in [5.74, 6) is 0.125. The van der Waals surface area contributed by atoms with Crippen molar-refractivity contribution in [2.75, 3.05) is 18.5 Å². The molecule has 0 fully saturated rings. The third-order valence-electron chi connectivity index (χ3n) is 4.69. The van der Waals surface area contributed by atoms with Crippen molar-refractivity contribution in [1.29, 1.82) is 5.26 Å². The van der Waals surface area contributed by atoms with Gasteiger partial charge in [0.25, 0.3) is 5.91 Å². The molecule has 0 bridgehead atoms. The second-order valence-corrected chi connectivity index (χ2v) is 8.04. The van der Waals surface area contributed by atoms with E-state index in [9.17, 15) is 14.3 Å².